The number of aryl methyl sites for hydroxylation is 1. The highest BCUT2D eigenvalue weighted by atomic mass is 16.4. The lowest BCUT2D eigenvalue weighted by atomic mass is 9.88. The van der Waals surface area contributed by atoms with Crippen molar-refractivity contribution < 1.29 is 19.5 Å². The molecule has 3 rings (SSSR count). The van der Waals surface area contributed by atoms with Crippen LogP contribution < -0.4 is 5.32 Å². The van der Waals surface area contributed by atoms with Gasteiger partial charge in [0, 0.05) is 31.2 Å². The summed E-state index contributed by atoms with van der Waals surface area (Å²) in [6, 6.07) is 0.200. The molecule has 2 aliphatic rings. The van der Waals surface area contributed by atoms with E-state index in [0.717, 1.165) is 12.8 Å². The molecule has 0 radical (unpaired) electrons. The molecule has 0 unspecified atom stereocenters. The van der Waals surface area contributed by atoms with Crippen molar-refractivity contribution in [3.05, 3.63) is 23.3 Å². The van der Waals surface area contributed by atoms with Gasteiger partial charge in [0.15, 0.2) is 0 Å². The Morgan fingerprint density at radius 2 is 1.89 bits per heavy atom. The molecule has 2 N–H and O–H groups in total. The highest BCUT2D eigenvalue weighted by Gasteiger charge is 2.39. The van der Waals surface area contributed by atoms with Gasteiger partial charge < -0.3 is 15.3 Å². The Kier molecular flexibility index (Phi) is 5.43. The highest BCUT2D eigenvalue weighted by molar-refractivity contribution is 5.96. The highest BCUT2D eigenvalue weighted by Crippen LogP contribution is 2.26. The van der Waals surface area contributed by atoms with Crippen LogP contribution in [0.15, 0.2) is 6.20 Å². The molecule has 0 bridgehead atoms. The first-order chi connectivity index (χ1) is 12.8. The van der Waals surface area contributed by atoms with Gasteiger partial charge in [-0.3, -0.25) is 14.4 Å². The molecule has 0 spiro atoms. The van der Waals surface area contributed by atoms with Crippen LogP contribution in [0.1, 0.15) is 60.9 Å². The predicted octanol–water partition coefficient (Wildman–Crippen LogP) is 1.35. The Bertz CT molecular complexity index is 760. The van der Waals surface area contributed by atoms with E-state index in [1.807, 2.05) is 13.8 Å². The minimum Gasteiger partial charge on any atom is -0.481 e. The number of carbonyl (C=O) groups is 3. The topological polar surface area (TPSA) is 112 Å². The van der Waals surface area contributed by atoms with Crippen LogP contribution in [0.3, 0.4) is 0 Å². The van der Waals surface area contributed by atoms with Gasteiger partial charge in [0.2, 0.25) is 5.91 Å². The van der Waals surface area contributed by atoms with Gasteiger partial charge in [0.25, 0.3) is 5.91 Å². The summed E-state index contributed by atoms with van der Waals surface area (Å²) < 4.78 is 0. The largest absolute Gasteiger partial charge is 0.481 e. The Labute approximate surface area is 158 Å². The standard InChI is InChI=1S/C19H26N4O4/c1-10(2)16-20-7-15(11(3)21-16)18(25)23-8-12(6-13(9-23)19(26)27)17(24)22-14-4-5-14/h7,10,12-14H,4-6,8-9H2,1-3H3,(H,22,24)(H,26,27)/t12-,13+/m1/s1. The summed E-state index contributed by atoms with van der Waals surface area (Å²) in [5, 5.41) is 12.4. The lowest BCUT2D eigenvalue weighted by Crippen LogP contribution is -2.50. The second kappa shape index (κ2) is 7.62. The minimum absolute atomic E-state index is 0.0900. The smallest absolute Gasteiger partial charge is 0.308 e. The monoisotopic (exact) mass is 374 g/mol. The lowest BCUT2D eigenvalue weighted by Gasteiger charge is -2.35. The number of carboxylic acids is 1. The van der Waals surface area contributed by atoms with Crippen molar-refractivity contribution in [1.82, 2.24) is 20.2 Å². The number of hydrogen-bond acceptors (Lipinski definition) is 5. The van der Waals surface area contributed by atoms with Crippen molar-refractivity contribution in [2.24, 2.45) is 11.8 Å². The molecule has 0 aromatic carbocycles. The number of hydrogen-bond donors (Lipinski definition) is 2. The van der Waals surface area contributed by atoms with Crippen LogP contribution in [-0.4, -0.2) is 56.9 Å². The normalized spacial score (nSPS) is 22.6. The van der Waals surface area contributed by atoms with Gasteiger partial charge in [-0.05, 0) is 26.2 Å². The first-order valence-corrected chi connectivity index (χ1v) is 9.42. The number of likely N-dealkylation sites (tertiary alicyclic amines) is 1. The molecule has 2 atom stereocenters. The first kappa shape index (κ1) is 19.3. The van der Waals surface area contributed by atoms with Gasteiger partial charge in [0.1, 0.15) is 5.82 Å². The molecule has 1 aromatic rings. The van der Waals surface area contributed by atoms with E-state index < -0.39 is 17.8 Å². The third kappa shape index (κ3) is 4.43. The number of piperidine rings is 1. The summed E-state index contributed by atoms with van der Waals surface area (Å²) >= 11 is 0. The molecule has 2 fully saturated rings. The maximum absolute atomic E-state index is 13.0. The van der Waals surface area contributed by atoms with Gasteiger partial charge in [-0.2, -0.15) is 0 Å². The molecule has 27 heavy (non-hydrogen) atoms. The van der Waals surface area contributed by atoms with Gasteiger partial charge in [-0.25, -0.2) is 9.97 Å². The van der Waals surface area contributed by atoms with Gasteiger partial charge in [0.05, 0.1) is 23.1 Å². The van der Waals surface area contributed by atoms with Crippen molar-refractivity contribution in [2.45, 2.75) is 52.0 Å². The summed E-state index contributed by atoms with van der Waals surface area (Å²) in [5.41, 5.74) is 0.918. The fraction of sp³-hybridized carbons (Fsp3) is 0.632. The molecule has 8 heteroatoms. The summed E-state index contributed by atoms with van der Waals surface area (Å²) in [7, 11) is 0. The van der Waals surface area contributed by atoms with Crippen molar-refractivity contribution in [2.75, 3.05) is 13.1 Å². The van der Waals surface area contributed by atoms with Crippen LogP contribution in [0.2, 0.25) is 0 Å². The van der Waals surface area contributed by atoms with Crippen molar-refractivity contribution in [3.8, 4) is 0 Å². The van der Waals surface area contributed by atoms with Crippen LogP contribution >= 0.6 is 0 Å². The summed E-state index contributed by atoms with van der Waals surface area (Å²) in [6.45, 7) is 6.00. The fourth-order valence-corrected chi connectivity index (χ4v) is 3.32. The number of amides is 2. The maximum atomic E-state index is 13.0. The van der Waals surface area contributed by atoms with E-state index in [9.17, 15) is 19.5 Å². The molecule has 1 saturated carbocycles. The number of nitrogens with one attached hydrogen (secondary N) is 1. The molecule has 1 saturated heterocycles. The second-order valence-electron chi connectivity index (χ2n) is 7.84. The van der Waals surface area contributed by atoms with Crippen molar-refractivity contribution >= 4 is 17.8 Å². The summed E-state index contributed by atoms with van der Waals surface area (Å²) in [5.74, 6) is -1.93. The average Bonchev–Trinajstić information content (AvgIpc) is 3.44. The summed E-state index contributed by atoms with van der Waals surface area (Å²) in [6.07, 6.45) is 3.67. The molecule has 2 amide bonds. The zero-order valence-corrected chi connectivity index (χ0v) is 15.9. The average molecular weight is 374 g/mol. The van der Waals surface area contributed by atoms with Crippen LogP contribution in [-0.2, 0) is 9.59 Å². The third-order valence-corrected chi connectivity index (χ3v) is 5.13. The Hall–Kier alpha value is -2.51. The molecular formula is C19H26N4O4. The van der Waals surface area contributed by atoms with E-state index in [1.165, 1.54) is 11.1 Å². The molecule has 1 aromatic heterocycles. The SMILES string of the molecule is Cc1nc(C(C)C)ncc1C(=O)N1C[C@@H](C(=O)O)C[C@@H](C(=O)NC2CC2)C1. The zero-order chi connectivity index (χ0) is 19.7. The Morgan fingerprint density at radius 3 is 2.44 bits per heavy atom. The Morgan fingerprint density at radius 1 is 1.22 bits per heavy atom. The number of nitrogens with zero attached hydrogens (tertiary/aromatic N) is 3. The van der Waals surface area contributed by atoms with E-state index in [-0.39, 0.29) is 43.3 Å². The third-order valence-electron chi connectivity index (χ3n) is 5.13. The van der Waals surface area contributed by atoms with Crippen LogP contribution in [0.4, 0.5) is 0 Å². The molecule has 1 aliphatic carbocycles. The first-order valence-electron chi connectivity index (χ1n) is 9.42. The number of rotatable bonds is 5. The number of carboxylic acid groups (broad SMARTS) is 1. The second-order valence-corrected chi connectivity index (χ2v) is 7.84. The van der Waals surface area contributed by atoms with E-state index in [4.69, 9.17) is 0 Å². The number of aromatic nitrogens is 2. The van der Waals surface area contributed by atoms with E-state index in [0.29, 0.717) is 17.1 Å². The number of carbonyl (C=O) groups excluding carboxylic acids is 2. The molecule has 1 aliphatic heterocycles. The predicted molar refractivity (Wildman–Crippen MR) is 97.2 cm³/mol. The number of aliphatic carboxylic acids is 1. The summed E-state index contributed by atoms with van der Waals surface area (Å²) in [4.78, 5) is 47.1. The molecule has 8 nitrogen and oxygen atoms in total. The zero-order valence-electron chi connectivity index (χ0n) is 15.9. The van der Waals surface area contributed by atoms with E-state index in [2.05, 4.69) is 15.3 Å². The lowest BCUT2D eigenvalue weighted by molar-refractivity contribution is -0.144. The molecule has 2 heterocycles. The van der Waals surface area contributed by atoms with Gasteiger partial charge in [-0.15, -0.1) is 0 Å². The van der Waals surface area contributed by atoms with Gasteiger partial charge >= 0.3 is 5.97 Å². The van der Waals surface area contributed by atoms with Crippen molar-refractivity contribution in [3.63, 3.8) is 0 Å². The van der Waals surface area contributed by atoms with Crippen LogP contribution in [0.25, 0.3) is 0 Å². The quantitative estimate of drug-likeness (QED) is 0.804. The Balaban J connectivity index is 1.79. The minimum atomic E-state index is -0.986. The van der Waals surface area contributed by atoms with Crippen LogP contribution in [0.5, 0.6) is 0 Å². The van der Waals surface area contributed by atoms with Crippen molar-refractivity contribution in [1.29, 1.82) is 0 Å². The van der Waals surface area contributed by atoms with E-state index in [1.54, 1.807) is 6.92 Å². The van der Waals surface area contributed by atoms with E-state index >= 15 is 0 Å². The maximum Gasteiger partial charge on any atom is 0.308 e. The van der Waals surface area contributed by atoms with Crippen LogP contribution in [0, 0.1) is 18.8 Å². The molecular weight excluding hydrogens is 348 g/mol. The van der Waals surface area contributed by atoms with Gasteiger partial charge in [-0.1, -0.05) is 13.8 Å². The fourth-order valence-electron chi connectivity index (χ4n) is 3.32. The molecule has 146 valence electrons.